The Balaban J connectivity index is 1.49. The minimum Gasteiger partial charge on any atom is -0.596 e. The van der Waals surface area contributed by atoms with Crippen molar-refractivity contribution in [1.82, 2.24) is 19.2 Å². The fraction of sp³-hybridized carbons (Fsp3) is 0.483. The maximum Gasteiger partial charge on any atom is 0.237 e. The van der Waals surface area contributed by atoms with Gasteiger partial charge in [0.05, 0.1) is 40.8 Å². The van der Waals surface area contributed by atoms with Gasteiger partial charge < -0.3 is 24.4 Å². The first-order chi connectivity index (χ1) is 18.7. The van der Waals surface area contributed by atoms with Crippen molar-refractivity contribution in [3.8, 4) is 17.0 Å². The van der Waals surface area contributed by atoms with Gasteiger partial charge in [0.2, 0.25) is 11.8 Å². The van der Waals surface area contributed by atoms with Crippen LogP contribution in [0.5, 0.6) is 5.88 Å². The van der Waals surface area contributed by atoms with E-state index >= 15 is 0 Å². The number of ether oxygens (including phenoxy) is 1. The summed E-state index contributed by atoms with van der Waals surface area (Å²) in [6, 6.07) is 8.20. The quantitative estimate of drug-likeness (QED) is 0.283. The predicted octanol–water partition coefficient (Wildman–Crippen LogP) is 4.01. The zero-order chi connectivity index (χ0) is 27.7. The Bertz CT molecular complexity index is 1360. The number of amides is 1. The molecule has 3 aromatic rings. The van der Waals surface area contributed by atoms with Crippen LogP contribution in [0.15, 0.2) is 36.7 Å². The van der Waals surface area contributed by atoms with E-state index in [-0.39, 0.29) is 11.8 Å². The molecule has 0 radical (unpaired) electrons. The van der Waals surface area contributed by atoms with E-state index in [1.807, 2.05) is 65.7 Å². The molecule has 9 nitrogen and oxygen atoms in total. The van der Waals surface area contributed by atoms with Crippen LogP contribution in [0.2, 0.25) is 0 Å². The summed E-state index contributed by atoms with van der Waals surface area (Å²) in [5, 5.41) is 4.33. The summed E-state index contributed by atoms with van der Waals surface area (Å²) in [4.78, 5) is 26.4. The van der Waals surface area contributed by atoms with Gasteiger partial charge in [-0.1, -0.05) is 12.5 Å². The van der Waals surface area contributed by atoms with Crippen molar-refractivity contribution in [3.05, 3.63) is 42.2 Å². The highest BCUT2D eigenvalue weighted by atomic mass is 32.2. The molecule has 2 aromatic heterocycles. The normalized spacial score (nSPS) is 16.7. The topological polar surface area (TPSA) is 96.9 Å². The van der Waals surface area contributed by atoms with Crippen molar-refractivity contribution >= 4 is 39.5 Å². The average Bonchev–Trinajstić information content (AvgIpc) is 3.16. The average molecular weight is 551 g/mol. The minimum atomic E-state index is -1.18. The Morgan fingerprint density at radius 2 is 1.95 bits per heavy atom. The van der Waals surface area contributed by atoms with Gasteiger partial charge >= 0.3 is 0 Å². The van der Waals surface area contributed by atoms with E-state index in [0.717, 1.165) is 65.5 Å². The van der Waals surface area contributed by atoms with E-state index in [4.69, 9.17) is 4.74 Å². The molecule has 39 heavy (non-hydrogen) atoms. The van der Waals surface area contributed by atoms with Crippen molar-refractivity contribution in [2.75, 3.05) is 64.0 Å². The van der Waals surface area contributed by atoms with Crippen LogP contribution in [0.1, 0.15) is 38.2 Å². The molecule has 10 heteroatoms. The highest BCUT2D eigenvalue weighted by Gasteiger charge is 2.54. The molecule has 2 aliphatic rings. The smallest absolute Gasteiger partial charge is 0.237 e. The number of pyridine rings is 2. The molecule has 3 heterocycles. The van der Waals surface area contributed by atoms with Gasteiger partial charge in [0.15, 0.2) is 5.88 Å². The Hall–Kier alpha value is -2.92. The number of fused-ring (bicyclic) bond motifs is 4. The molecular formula is C29H38N6O3S. The van der Waals surface area contributed by atoms with E-state index in [0.29, 0.717) is 24.7 Å². The fourth-order valence-electron chi connectivity index (χ4n) is 5.45. The second-order valence-electron chi connectivity index (χ2n) is 10.7. The van der Waals surface area contributed by atoms with E-state index in [1.54, 1.807) is 9.21 Å². The molecule has 1 aromatic carbocycles. The van der Waals surface area contributed by atoms with E-state index in [2.05, 4.69) is 26.3 Å². The number of benzene rings is 1. The molecule has 1 spiro atoms. The number of anilines is 2. The van der Waals surface area contributed by atoms with E-state index in [1.165, 1.54) is 0 Å². The zero-order valence-electron chi connectivity index (χ0n) is 23.5. The molecule has 5 rings (SSSR count). The van der Waals surface area contributed by atoms with Crippen molar-refractivity contribution in [2.24, 2.45) is 0 Å². The number of hydrogen-bond acceptors (Lipinski definition) is 8. The number of aromatic nitrogens is 2. The fourth-order valence-corrected chi connectivity index (χ4v) is 6.23. The molecule has 1 saturated carbocycles. The summed E-state index contributed by atoms with van der Waals surface area (Å²) >= 11 is -1.18. The molecule has 1 aliphatic heterocycles. The first-order valence-corrected chi connectivity index (χ1v) is 14.9. The van der Waals surface area contributed by atoms with E-state index in [9.17, 15) is 9.35 Å². The van der Waals surface area contributed by atoms with Crippen LogP contribution in [0.25, 0.3) is 22.0 Å². The maximum atomic E-state index is 13.2. The van der Waals surface area contributed by atoms with Crippen molar-refractivity contribution in [3.63, 3.8) is 0 Å². The van der Waals surface area contributed by atoms with Crippen LogP contribution in [-0.2, 0) is 21.6 Å². The molecule has 1 atom stereocenters. The number of rotatable bonds is 11. The molecule has 208 valence electrons. The molecule has 0 bridgehead atoms. The van der Waals surface area contributed by atoms with Crippen LogP contribution < -0.4 is 15.0 Å². The summed E-state index contributed by atoms with van der Waals surface area (Å²) in [5.74, 6) is 0.936. The summed E-state index contributed by atoms with van der Waals surface area (Å²) in [7, 11) is 7.76. The summed E-state index contributed by atoms with van der Waals surface area (Å²) in [6.07, 6.45) is 7.35. The summed E-state index contributed by atoms with van der Waals surface area (Å²) in [5.41, 5.74) is 5.08. The van der Waals surface area contributed by atoms with Crippen LogP contribution in [-0.4, -0.2) is 83.4 Å². The third-order valence-electron chi connectivity index (χ3n) is 7.96. The Morgan fingerprint density at radius 1 is 1.15 bits per heavy atom. The van der Waals surface area contributed by atoms with Gasteiger partial charge in [0.25, 0.3) is 0 Å². The largest absolute Gasteiger partial charge is 0.596 e. The first kappa shape index (κ1) is 27.6. The molecule has 0 saturated heterocycles. The number of carbonyl (C=O) groups is 1. The number of carbonyl (C=O) groups excluding carboxylic acids is 1. The Morgan fingerprint density at radius 3 is 2.64 bits per heavy atom. The molecule has 1 N–H and O–H groups in total. The Kier molecular flexibility index (Phi) is 8.00. The second-order valence-corrected chi connectivity index (χ2v) is 12.3. The van der Waals surface area contributed by atoms with Crippen LogP contribution in [0.3, 0.4) is 0 Å². The van der Waals surface area contributed by atoms with Gasteiger partial charge in [0, 0.05) is 49.9 Å². The molecule has 1 fully saturated rings. The van der Waals surface area contributed by atoms with Crippen molar-refractivity contribution in [1.29, 1.82) is 0 Å². The lowest BCUT2D eigenvalue weighted by molar-refractivity contribution is -0.125. The van der Waals surface area contributed by atoms with Gasteiger partial charge in [0.1, 0.15) is 5.69 Å². The number of hydrogen-bond donors (Lipinski definition) is 1. The van der Waals surface area contributed by atoms with Gasteiger partial charge in [-0.15, -0.1) is 4.31 Å². The second kappa shape index (κ2) is 11.3. The minimum absolute atomic E-state index is 0.178. The van der Waals surface area contributed by atoms with Crippen molar-refractivity contribution in [2.45, 2.75) is 38.0 Å². The molecule has 1 unspecified atom stereocenters. The molecule has 1 aliphatic carbocycles. The third kappa shape index (κ3) is 5.18. The van der Waals surface area contributed by atoms with Gasteiger partial charge in [-0.05, 0) is 64.0 Å². The maximum absolute atomic E-state index is 13.2. The number of nitrogens with one attached hydrogen (secondary N) is 1. The van der Waals surface area contributed by atoms with Crippen LogP contribution in [0.4, 0.5) is 11.4 Å². The summed E-state index contributed by atoms with van der Waals surface area (Å²) in [6.45, 7) is 4.12. The van der Waals surface area contributed by atoms with Gasteiger partial charge in [-0.3, -0.25) is 9.78 Å². The van der Waals surface area contributed by atoms with Crippen LogP contribution in [0, 0.1) is 0 Å². The monoisotopic (exact) mass is 550 g/mol. The standard InChI is InChI=1S/C29H38N6O3S/c1-6-34(4)39(37)19-32-24-16-21(17-31-27(24)38-14-8-13-33(2)3)20-9-10-23-22(15-20)26-25(18-30-23)35(5)28(36)29(26)11-7-12-29/h9-10,15-18,32H,6-8,11-14,19H2,1-5H3. The molecular weight excluding hydrogens is 512 g/mol. The zero-order valence-corrected chi connectivity index (χ0v) is 24.3. The third-order valence-corrected chi connectivity index (χ3v) is 9.31. The molecule has 1 amide bonds. The van der Waals surface area contributed by atoms with Crippen molar-refractivity contribution < 1.29 is 14.1 Å². The first-order valence-electron chi connectivity index (χ1n) is 13.6. The highest BCUT2D eigenvalue weighted by Crippen LogP contribution is 2.55. The summed E-state index contributed by atoms with van der Waals surface area (Å²) < 4.78 is 20.4. The lowest BCUT2D eigenvalue weighted by Gasteiger charge is -2.37. The van der Waals surface area contributed by atoms with E-state index < -0.39 is 16.8 Å². The number of nitrogens with zero attached hydrogens (tertiary/aromatic N) is 5. The SMILES string of the molecule is CCN(C)[S+]([O-])CNc1cc(-c2ccc3ncc4c(c3c2)C2(CCC2)C(=O)N4C)cnc1OCCCN(C)C. The van der Waals surface area contributed by atoms with Gasteiger partial charge in [-0.2, -0.15) is 0 Å². The van der Waals surface area contributed by atoms with Crippen LogP contribution >= 0.6 is 0 Å². The predicted molar refractivity (Wildman–Crippen MR) is 158 cm³/mol. The lowest BCUT2D eigenvalue weighted by atomic mass is 9.64. The Labute approximate surface area is 233 Å². The van der Waals surface area contributed by atoms with Gasteiger partial charge in [-0.25, -0.2) is 4.98 Å². The number of likely N-dealkylation sites (N-methyl/N-ethyl adjacent to an activating group) is 1. The highest BCUT2D eigenvalue weighted by molar-refractivity contribution is 7.89. The lowest BCUT2D eigenvalue weighted by Crippen LogP contribution is -2.43.